The van der Waals surface area contributed by atoms with E-state index in [0.29, 0.717) is 21.4 Å². The highest BCUT2D eigenvalue weighted by Crippen LogP contribution is 2.34. The maximum absolute atomic E-state index is 13.1. The number of benzene rings is 2. The Bertz CT molecular complexity index is 1220. The quantitative estimate of drug-likeness (QED) is 0.547. The highest BCUT2D eigenvalue weighted by molar-refractivity contribution is 7.89. The first-order chi connectivity index (χ1) is 14.8. The summed E-state index contributed by atoms with van der Waals surface area (Å²) in [5.41, 5.74) is 0.573. The Morgan fingerprint density at radius 3 is 2.29 bits per heavy atom. The van der Waals surface area contributed by atoms with Gasteiger partial charge in [0.05, 0.1) is 14.9 Å². The molecule has 31 heavy (non-hydrogen) atoms. The zero-order valence-corrected chi connectivity index (χ0v) is 18.4. The molecule has 0 atom stereocenters. The van der Waals surface area contributed by atoms with E-state index in [-0.39, 0.29) is 42.7 Å². The van der Waals surface area contributed by atoms with E-state index in [1.54, 1.807) is 30.3 Å². The van der Waals surface area contributed by atoms with E-state index in [4.69, 9.17) is 27.6 Å². The minimum atomic E-state index is -3.76. The average Bonchev–Trinajstić information content (AvgIpc) is 3.25. The average molecular weight is 483 g/mol. The van der Waals surface area contributed by atoms with E-state index in [0.717, 1.165) is 12.1 Å². The lowest BCUT2D eigenvalue weighted by molar-refractivity contribution is 0.0667. The van der Waals surface area contributed by atoms with Gasteiger partial charge in [-0.1, -0.05) is 29.3 Å². The maximum Gasteiger partial charge on any atom is 0.289 e. The van der Waals surface area contributed by atoms with Gasteiger partial charge in [0.2, 0.25) is 10.0 Å². The summed E-state index contributed by atoms with van der Waals surface area (Å²) in [5, 5.41) is 0.707. The highest BCUT2D eigenvalue weighted by Gasteiger charge is 2.31. The molecule has 1 aliphatic rings. The number of sulfonamides is 1. The van der Waals surface area contributed by atoms with Gasteiger partial charge < -0.3 is 9.32 Å². The Kier molecular flexibility index (Phi) is 6.07. The fourth-order valence-corrected chi connectivity index (χ4v) is 5.15. The number of hydrogen-bond acceptors (Lipinski definition) is 4. The van der Waals surface area contributed by atoms with Gasteiger partial charge in [-0.2, -0.15) is 4.31 Å². The molecule has 2 aromatic carbocycles. The van der Waals surface area contributed by atoms with Crippen molar-refractivity contribution in [1.29, 1.82) is 0 Å². The van der Waals surface area contributed by atoms with Crippen molar-refractivity contribution >= 4 is 39.1 Å². The molecule has 3 aromatic rings. The van der Waals surface area contributed by atoms with Gasteiger partial charge in [0.25, 0.3) is 5.91 Å². The van der Waals surface area contributed by atoms with Crippen LogP contribution in [0.25, 0.3) is 11.3 Å². The minimum Gasteiger partial charge on any atom is -0.451 e. The lowest BCUT2D eigenvalue weighted by Gasteiger charge is -2.33. The van der Waals surface area contributed by atoms with Crippen molar-refractivity contribution in [1.82, 2.24) is 9.21 Å². The molecule has 0 bridgehead atoms. The molecule has 10 heteroatoms. The Morgan fingerprint density at radius 2 is 1.61 bits per heavy atom. The molecule has 0 saturated carbocycles. The summed E-state index contributed by atoms with van der Waals surface area (Å²) >= 11 is 12.2. The highest BCUT2D eigenvalue weighted by atomic mass is 35.5. The zero-order valence-electron chi connectivity index (χ0n) is 16.1. The molecule has 0 aliphatic carbocycles. The van der Waals surface area contributed by atoms with Gasteiger partial charge in [-0.05, 0) is 48.5 Å². The van der Waals surface area contributed by atoms with Crippen molar-refractivity contribution in [2.45, 2.75) is 4.90 Å². The van der Waals surface area contributed by atoms with E-state index in [9.17, 15) is 17.6 Å². The van der Waals surface area contributed by atoms with Crippen LogP contribution in [0.15, 0.2) is 63.9 Å². The zero-order chi connectivity index (χ0) is 22.2. The topological polar surface area (TPSA) is 70.8 Å². The summed E-state index contributed by atoms with van der Waals surface area (Å²) in [6.45, 7) is 0.651. The van der Waals surface area contributed by atoms with Crippen molar-refractivity contribution < 1.29 is 22.0 Å². The summed E-state index contributed by atoms with van der Waals surface area (Å²) in [4.78, 5) is 14.4. The van der Waals surface area contributed by atoms with E-state index in [1.807, 2.05) is 0 Å². The molecular formula is C21H17Cl2FN2O4S. The number of rotatable bonds is 4. The largest absolute Gasteiger partial charge is 0.451 e. The second kappa shape index (κ2) is 8.63. The molecule has 0 spiro atoms. The van der Waals surface area contributed by atoms with Gasteiger partial charge in [0.1, 0.15) is 11.6 Å². The van der Waals surface area contributed by atoms with E-state index >= 15 is 0 Å². The first-order valence-electron chi connectivity index (χ1n) is 9.36. The third kappa shape index (κ3) is 4.34. The van der Waals surface area contributed by atoms with Crippen molar-refractivity contribution in [2.75, 3.05) is 26.2 Å². The SMILES string of the molecule is O=C(c1ccc(-c2cccc(Cl)c2Cl)o1)N1CCN(S(=O)(=O)c2ccc(F)cc2)CC1. The van der Waals surface area contributed by atoms with E-state index < -0.39 is 15.8 Å². The lowest BCUT2D eigenvalue weighted by atomic mass is 10.2. The van der Waals surface area contributed by atoms with E-state index in [2.05, 4.69) is 0 Å². The third-order valence-corrected chi connectivity index (χ3v) is 7.74. The van der Waals surface area contributed by atoms with Crippen LogP contribution in [0.1, 0.15) is 10.6 Å². The summed E-state index contributed by atoms with van der Waals surface area (Å²) < 4.78 is 45.5. The molecular weight excluding hydrogens is 466 g/mol. The number of carbonyl (C=O) groups is 1. The van der Waals surface area contributed by atoms with Crippen molar-refractivity contribution in [3.05, 3.63) is 76.2 Å². The van der Waals surface area contributed by atoms with Gasteiger partial charge >= 0.3 is 0 Å². The molecule has 6 nitrogen and oxygen atoms in total. The molecule has 1 aromatic heterocycles. The Hall–Kier alpha value is -2.39. The van der Waals surface area contributed by atoms with E-state index in [1.165, 1.54) is 21.3 Å². The van der Waals surface area contributed by atoms with Gasteiger partial charge in [0.15, 0.2) is 5.76 Å². The molecule has 0 N–H and O–H groups in total. The van der Waals surface area contributed by atoms with Crippen LogP contribution in [0.5, 0.6) is 0 Å². The van der Waals surface area contributed by atoms with Crippen molar-refractivity contribution in [3.8, 4) is 11.3 Å². The van der Waals surface area contributed by atoms with Gasteiger partial charge in [-0.15, -0.1) is 0 Å². The van der Waals surface area contributed by atoms with Crippen molar-refractivity contribution in [2.24, 2.45) is 0 Å². The molecule has 4 rings (SSSR count). The summed E-state index contributed by atoms with van der Waals surface area (Å²) in [5.74, 6) is -0.316. The summed E-state index contributed by atoms with van der Waals surface area (Å²) in [7, 11) is -3.76. The summed E-state index contributed by atoms with van der Waals surface area (Å²) in [6.07, 6.45) is 0. The number of amides is 1. The molecule has 1 aliphatic heterocycles. The second-order valence-corrected chi connectivity index (χ2v) is 9.64. The van der Waals surface area contributed by atoms with Crippen LogP contribution in [-0.4, -0.2) is 49.7 Å². The lowest BCUT2D eigenvalue weighted by Crippen LogP contribution is -2.50. The number of carbonyl (C=O) groups excluding carboxylic acids is 1. The number of hydrogen-bond donors (Lipinski definition) is 0. The van der Waals surface area contributed by atoms with Crippen LogP contribution in [-0.2, 0) is 10.0 Å². The Balaban J connectivity index is 1.45. The number of halogens is 3. The standard InChI is InChI=1S/C21H17Cl2FN2O4S/c22-17-3-1-2-16(20(17)23)18-8-9-19(30-18)21(27)25-10-12-26(13-11-25)31(28,29)15-6-4-14(24)5-7-15/h1-9H,10-13H2. The fourth-order valence-electron chi connectivity index (χ4n) is 3.33. The first kappa shape index (κ1) is 21.8. The first-order valence-corrected chi connectivity index (χ1v) is 11.6. The molecule has 2 heterocycles. The van der Waals surface area contributed by atoms with Crippen LogP contribution in [0.3, 0.4) is 0 Å². The summed E-state index contributed by atoms with van der Waals surface area (Å²) in [6, 6.07) is 13.0. The molecule has 1 saturated heterocycles. The number of piperazine rings is 1. The second-order valence-electron chi connectivity index (χ2n) is 6.92. The van der Waals surface area contributed by atoms with Gasteiger partial charge in [-0.3, -0.25) is 4.79 Å². The monoisotopic (exact) mass is 482 g/mol. The normalized spacial score (nSPS) is 15.3. The minimum absolute atomic E-state index is 0.0164. The van der Waals surface area contributed by atoms with Gasteiger partial charge in [0, 0.05) is 31.7 Å². The van der Waals surface area contributed by atoms with Crippen LogP contribution >= 0.6 is 23.2 Å². The maximum atomic E-state index is 13.1. The predicted molar refractivity (Wildman–Crippen MR) is 115 cm³/mol. The van der Waals surface area contributed by atoms with Crippen LogP contribution in [0.4, 0.5) is 4.39 Å². The van der Waals surface area contributed by atoms with Crippen molar-refractivity contribution in [3.63, 3.8) is 0 Å². The fraction of sp³-hybridized carbons (Fsp3) is 0.190. The molecule has 1 amide bonds. The van der Waals surface area contributed by atoms with Gasteiger partial charge in [-0.25, -0.2) is 12.8 Å². The Morgan fingerprint density at radius 1 is 0.935 bits per heavy atom. The van der Waals surface area contributed by atoms with Crippen LogP contribution < -0.4 is 0 Å². The Labute approximate surface area is 188 Å². The third-order valence-electron chi connectivity index (χ3n) is 5.01. The predicted octanol–water partition coefficient (Wildman–Crippen LogP) is 4.54. The van der Waals surface area contributed by atoms with Crippen LogP contribution in [0, 0.1) is 5.82 Å². The number of furan rings is 1. The van der Waals surface area contributed by atoms with Crippen LogP contribution in [0.2, 0.25) is 10.0 Å². The molecule has 0 unspecified atom stereocenters. The number of nitrogens with zero attached hydrogens (tertiary/aromatic N) is 2. The molecule has 0 radical (unpaired) electrons. The molecule has 162 valence electrons. The smallest absolute Gasteiger partial charge is 0.289 e. The molecule has 1 fully saturated rings.